The van der Waals surface area contributed by atoms with Gasteiger partial charge in [0, 0.05) is 6.54 Å². The molecule has 1 aliphatic rings. The van der Waals surface area contributed by atoms with E-state index in [1.54, 1.807) is 0 Å². The predicted molar refractivity (Wildman–Crippen MR) is 75.2 cm³/mol. The Morgan fingerprint density at radius 1 is 1.36 bits per heavy atom. The Bertz CT molecular complexity index is 509. The number of benzene rings is 1. The maximum absolute atomic E-state index is 12.3. The van der Waals surface area contributed by atoms with Crippen LogP contribution >= 0.6 is 0 Å². The zero-order valence-electron chi connectivity index (χ0n) is 12.3. The minimum Gasteiger partial charge on any atom is -0.406 e. The van der Waals surface area contributed by atoms with Crippen LogP contribution in [0.15, 0.2) is 24.3 Å². The molecule has 2 rings (SSSR count). The second-order valence-electron chi connectivity index (χ2n) is 5.34. The molecular formula is C15H19F3N2O2. The number of ether oxygens (including phenoxy) is 1. The lowest BCUT2D eigenvalue weighted by atomic mass is 9.93. The molecule has 1 fully saturated rings. The van der Waals surface area contributed by atoms with Crippen molar-refractivity contribution < 1.29 is 22.7 Å². The monoisotopic (exact) mass is 316 g/mol. The molecule has 4 nitrogen and oxygen atoms in total. The van der Waals surface area contributed by atoms with Crippen molar-refractivity contribution in [3.05, 3.63) is 29.8 Å². The molecule has 0 radical (unpaired) electrons. The molecule has 1 heterocycles. The zero-order chi connectivity index (χ0) is 16.2. The van der Waals surface area contributed by atoms with Crippen LogP contribution in [0.25, 0.3) is 0 Å². The van der Waals surface area contributed by atoms with Crippen LogP contribution < -0.4 is 15.4 Å². The molecule has 1 aliphatic heterocycles. The first kappa shape index (κ1) is 16.6. The van der Waals surface area contributed by atoms with Gasteiger partial charge in [0.1, 0.15) is 5.75 Å². The highest BCUT2D eigenvalue weighted by atomic mass is 19.4. The van der Waals surface area contributed by atoms with Crippen molar-refractivity contribution in [3.8, 4) is 5.75 Å². The van der Waals surface area contributed by atoms with E-state index >= 15 is 0 Å². The van der Waals surface area contributed by atoms with E-state index in [2.05, 4.69) is 15.4 Å². The normalized spacial score (nSPS) is 21.6. The molecule has 1 aromatic carbocycles. The van der Waals surface area contributed by atoms with Gasteiger partial charge < -0.3 is 15.4 Å². The fraction of sp³-hybridized carbons (Fsp3) is 0.533. The Balaban J connectivity index is 1.90. The quantitative estimate of drug-likeness (QED) is 0.878. The number of amides is 1. The molecule has 1 aromatic rings. The lowest BCUT2D eigenvalue weighted by Gasteiger charge is -2.26. The number of carbonyl (C=O) groups is 1. The highest BCUT2D eigenvalue weighted by molar-refractivity contribution is 5.86. The molecule has 0 saturated carbocycles. The number of halogens is 3. The topological polar surface area (TPSA) is 50.4 Å². The summed E-state index contributed by atoms with van der Waals surface area (Å²) in [4.78, 5) is 12.3. The van der Waals surface area contributed by atoms with Gasteiger partial charge in [-0.2, -0.15) is 0 Å². The van der Waals surface area contributed by atoms with Gasteiger partial charge in [-0.3, -0.25) is 4.79 Å². The van der Waals surface area contributed by atoms with E-state index < -0.39 is 11.9 Å². The van der Waals surface area contributed by atoms with Crippen LogP contribution in [0.4, 0.5) is 13.2 Å². The van der Waals surface area contributed by atoms with Crippen LogP contribution in [-0.2, 0) is 11.3 Å². The van der Waals surface area contributed by atoms with Gasteiger partial charge >= 0.3 is 6.36 Å². The van der Waals surface area contributed by atoms with Crippen LogP contribution in [-0.4, -0.2) is 24.4 Å². The molecular weight excluding hydrogens is 297 g/mol. The molecule has 7 heteroatoms. The third kappa shape index (κ3) is 4.13. The fourth-order valence-electron chi connectivity index (χ4n) is 2.62. The van der Waals surface area contributed by atoms with E-state index in [-0.39, 0.29) is 18.2 Å². The van der Waals surface area contributed by atoms with E-state index in [4.69, 9.17) is 0 Å². The van der Waals surface area contributed by atoms with Gasteiger partial charge in [0.25, 0.3) is 0 Å². The molecule has 1 atom stereocenters. The van der Waals surface area contributed by atoms with E-state index in [9.17, 15) is 18.0 Å². The van der Waals surface area contributed by atoms with Crippen molar-refractivity contribution in [1.29, 1.82) is 0 Å². The van der Waals surface area contributed by atoms with Crippen molar-refractivity contribution in [3.63, 3.8) is 0 Å². The number of hydrogen-bond acceptors (Lipinski definition) is 3. The third-order valence-electron chi connectivity index (χ3n) is 3.89. The average molecular weight is 316 g/mol. The van der Waals surface area contributed by atoms with Crippen LogP contribution in [0.2, 0.25) is 0 Å². The van der Waals surface area contributed by atoms with E-state index in [1.807, 2.05) is 6.92 Å². The molecule has 1 amide bonds. The zero-order valence-corrected chi connectivity index (χ0v) is 12.3. The lowest BCUT2D eigenvalue weighted by molar-refractivity contribution is -0.274. The Kier molecular flexibility index (Phi) is 4.95. The van der Waals surface area contributed by atoms with Gasteiger partial charge in [0.2, 0.25) is 5.91 Å². The van der Waals surface area contributed by atoms with Crippen LogP contribution in [0.1, 0.15) is 31.7 Å². The van der Waals surface area contributed by atoms with Gasteiger partial charge in [-0.25, -0.2) is 0 Å². The average Bonchev–Trinajstić information content (AvgIpc) is 2.95. The summed E-state index contributed by atoms with van der Waals surface area (Å²) in [5.74, 6) is -0.340. The van der Waals surface area contributed by atoms with Gasteiger partial charge in [-0.15, -0.1) is 13.2 Å². The number of nitrogens with one attached hydrogen (secondary N) is 2. The second kappa shape index (κ2) is 6.56. The maximum atomic E-state index is 12.3. The number of carbonyl (C=O) groups excluding carboxylic acids is 1. The van der Waals surface area contributed by atoms with Crippen molar-refractivity contribution >= 4 is 5.91 Å². The second-order valence-corrected chi connectivity index (χ2v) is 5.34. The summed E-state index contributed by atoms with van der Waals surface area (Å²) in [6, 6.07) is 5.47. The highest BCUT2D eigenvalue weighted by Gasteiger charge is 2.38. The number of alkyl halides is 3. The van der Waals surface area contributed by atoms with Crippen molar-refractivity contribution in [2.75, 3.05) is 6.54 Å². The van der Waals surface area contributed by atoms with Crippen molar-refractivity contribution in [2.45, 2.75) is 44.6 Å². The first-order valence-corrected chi connectivity index (χ1v) is 7.23. The van der Waals surface area contributed by atoms with Gasteiger partial charge in [0.15, 0.2) is 0 Å². The molecule has 0 aromatic heterocycles. The summed E-state index contributed by atoms with van der Waals surface area (Å²) in [6.07, 6.45) is -2.23. The molecule has 1 unspecified atom stereocenters. The summed E-state index contributed by atoms with van der Waals surface area (Å²) >= 11 is 0. The standard InChI is InChI=1S/C15H19F3N2O2/c1-2-14(8-3-9-20-14)13(21)19-10-11-4-6-12(7-5-11)22-15(16,17)18/h4-7,20H,2-3,8-10H2,1H3,(H,19,21). The summed E-state index contributed by atoms with van der Waals surface area (Å²) in [7, 11) is 0. The molecule has 22 heavy (non-hydrogen) atoms. The lowest BCUT2D eigenvalue weighted by Crippen LogP contribution is -2.52. The summed E-state index contributed by atoms with van der Waals surface area (Å²) in [5, 5.41) is 6.07. The highest BCUT2D eigenvalue weighted by Crippen LogP contribution is 2.24. The Labute approximate surface area is 127 Å². The largest absolute Gasteiger partial charge is 0.573 e. The molecule has 2 N–H and O–H groups in total. The molecule has 0 aliphatic carbocycles. The summed E-state index contributed by atoms with van der Waals surface area (Å²) < 4.78 is 40.0. The Morgan fingerprint density at radius 3 is 2.55 bits per heavy atom. The Morgan fingerprint density at radius 2 is 2.05 bits per heavy atom. The summed E-state index contributed by atoms with van der Waals surface area (Å²) in [5.41, 5.74) is 0.200. The number of rotatable bonds is 5. The maximum Gasteiger partial charge on any atom is 0.573 e. The predicted octanol–water partition coefficient (Wildman–Crippen LogP) is 2.73. The van der Waals surface area contributed by atoms with Crippen molar-refractivity contribution in [2.24, 2.45) is 0 Å². The minimum absolute atomic E-state index is 0.0666. The molecule has 0 bridgehead atoms. The van der Waals surface area contributed by atoms with E-state index in [0.717, 1.165) is 19.4 Å². The Hall–Kier alpha value is -1.76. The third-order valence-corrected chi connectivity index (χ3v) is 3.89. The smallest absolute Gasteiger partial charge is 0.406 e. The molecule has 1 saturated heterocycles. The molecule has 0 spiro atoms. The summed E-state index contributed by atoms with van der Waals surface area (Å²) in [6.45, 7) is 3.06. The van der Waals surface area contributed by atoms with Crippen molar-refractivity contribution in [1.82, 2.24) is 10.6 Å². The van der Waals surface area contributed by atoms with Crippen LogP contribution in [0.5, 0.6) is 5.75 Å². The van der Waals surface area contributed by atoms with Gasteiger partial charge in [-0.05, 0) is 43.5 Å². The van der Waals surface area contributed by atoms with E-state index in [0.29, 0.717) is 12.0 Å². The molecule has 122 valence electrons. The van der Waals surface area contributed by atoms with Crippen LogP contribution in [0.3, 0.4) is 0 Å². The van der Waals surface area contributed by atoms with E-state index in [1.165, 1.54) is 24.3 Å². The van der Waals surface area contributed by atoms with Gasteiger partial charge in [-0.1, -0.05) is 19.1 Å². The number of hydrogen-bond donors (Lipinski definition) is 2. The minimum atomic E-state index is -4.70. The van der Waals surface area contributed by atoms with Gasteiger partial charge in [0.05, 0.1) is 5.54 Å². The van der Waals surface area contributed by atoms with Crippen LogP contribution in [0, 0.1) is 0 Å². The first-order valence-electron chi connectivity index (χ1n) is 7.23. The fourth-order valence-corrected chi connectivity index (χ4v) is 2.62. The SMILES string of the molecule is CCC1(C(=O)NCc2ccc(OC(F)(F)F)cc2)CCCN1. The first-order chi connectivity index (χ1) is 10.3.